The van der Waals surface area contributed by atoms with Crippen LogP contribution in [0.4, 0.5) is 5.69 Å². The lowest BCUT2D eigenvalue weighted by Crippen LogP contribution is -2.16. The molecular formula is C16H21NO2Si2. The second kappa shape index (κ2) is 6.30. The average molecular weight is 316 g/mol. The molecule has 0 unspecified atom stereocenters. The van der Waals surface area contributed by atoms with Crippen molar-refractivity contribution in [2.45, 2.75) is 39.3 Å². The summed E-state index contributed by atoms with van der Waals surface area (Å²) in [6.07, 6.45) is 0. The highest BCUT2D eigenvalue weighted by Gasteiger charge is 2.11. The third-order valence-corrected chi connectivity index (χ3v) is 4.04. The molecule has 3 nitrogen and oxygen atoms in total. The Hall–Kier alpha value is -1.83. The largest absolute Gasteiger partial charge is 0.271 e. The van der Waals surface area contributed by atoms with Crippen LogP contribution in [0.1, 0.15) is 11.1 Å². The molecule has 0 heterocycles. The first-order valence-corrected chi connectivity index (χ1v) is 13.8. The molecule has 5 heteroatoms. The normalized spacial score (nSPS) is 11.0. The van der Waals surface area contributed by atoms with Gasteiger partial charge in [-0.2, -0.15) is 0 Å². The zero-order valence-electron chi connectivity index (χ0n) is 13.5. The maximum absolute atomic E-state index is 11.0. The highest BCUT2D eigenvalue weighted by Crippen LogP contribution is 2.16. The fraction of sp³-hybridized carbons (Fsp3) is 0.375. The fourth-order valence-corrected chi connectivity index (χ4v) is 2.42. The van der Waals surface area contributed by atoms with Crippen LogP contribution >= 0.6 is 0 Å². The number of hydrogen-bond donors (Lipinski definition) is 0. The van der Waals surface area contributed by atoms with Crippen molar-refractivity contribution in [2.75, 3.05) is 0 Å². The molecule has 110 valence electrons. The van der Waals surface area contributed by atoms with Crippen LogP contribution in [0.2, 0.25) is 39.3 Å². The van der Waals surface area contributed by atoms with Crippen molar-refractivity contribution in [1.82, 2.24) is 0 Å². The minimum atomic E-state index is -1.51. The Morgan fingerprint density at radius 2 is 1.24 bits per heavy atom. The molecular weight excluding hydrogens is 294 g/mol. The maximum Gasteiger partial charge on any atom is 0.271 e. The molecule has 0 N–H and O–H groups in total. The van der Waals surface area contributed by atoms with Crippen molar-refractivity contribution in [1.29, 1.82) is 0 Å². The molecule has 0 radical (unpaired) electrons. The summed E-state index contributed by atoms with van der Waals surface area (Å²) in [6, 6.07) is 4.88. The lowest BCUT2D eigenvalue weighted by molar-refractivity contribution is -0.384. The van der Waals surface area contributed by atoms with E-state index in [-0.39, 0.29) is 10.6 Å². The van der Waals surface area contributed by atoms with Gasteiger partial charge in [-0.3, -0.25) is 10.1 Å². The van der Waals surface area contributed by atoms with E-state index >= 15 is 0 Å². The molecule has 0 aliphatic heterocycles. The van der Waals surface area contributed by atoms with Crippen LogP contribution in [0.15, 0.2) is 18.2 Å². The molecule has 0 saturated carbocycles. The van der Waals surface area contributed by atoms with Crippen LogP contribution in [-0.2, 0) is 0 Å². The van der Waals surface area contributed by atoms with E-state index < -0.39 is 16.1 Å². The Kier molecular flexibility index (Phi) is 5.17. The summed E-state index contributed by atoms with van der Waals surface area (Å²) in [5.74, 6) is 6.14. The lowest BCUT2D eigenvalue weighted by atomic mass is 10.1. The predicted molar refractivity (Wildman–Crippen MR) is 93.5 cm³/mol. The molecule has 1 aromatic carbocycles. The third-order valence-electron chi connectivity index (χ3n) is 2.29. The van der Waals surface area contributed by atoms with E-state index in [1.165, 1.54) is 12.1 Å². The Bertz CT molecular complexity index is 624. The van der Waals surface area contributed by atoms with E-state index in [9.17, 15) is 10.1 Å². The van der Waals surface area contributed by atoms with E-state index in [0.717, 1.165) is 0 Å². The molecule has 21 heavy (non-hydrogen) atoms. The van der Waals surface area contributed by atoms with Gasteiger partial charge in [0.15, 0.2) is 0 Å². The predicted octanol–water partition coefficient (Wildman–Crippen LogP) is 4.05. The Morgan fingerprint density at radius 1 is 0.857 bits per heavy atom. The molecule has 0 fully saturated rings. The summed E-state index contributed by atoms with van der Waals surface area (Å²) >= 11 is 0. The Labute approximate surface area is 128 Å². The second-order valence-electron chi connectivity index (χ2n) is 7.03. The maximum atomic E-state index is 11.0. The van der Waals surface area contributed by atoms with Crippen molar-refractivity contribution >= 4 is 21.8 Å². The molecule has 1 aromatic rings. The zero-order valence-corrected chi connectivity index (χ0v) is 15.5. The van der Waals surface area contributed by atoms with E-state index in [0.29, 0.717) is 11.1 Å². The van der Waals surface area contributed by atoms with Crippen molar-refractivity contribution < 1.29 is 4.92 Å². The number of benzene rings is 1. The van der Waals surface area contributed by atoms with Crippen molar-refractivity contribution in [3.05, 3.63) is 39.4 Å². The van der Waals surface area contributed by atoms with E-state index in [2.05, 4.69) is 62.2 Å². The average Bonchev–Trinajstić information content (AvgIpc) is 2.32. The summed E-state index contributed by atoms with van der Waals surface area (Å²) in [4.78, 5) is 10.6. The Morgan fingerprint density at radius 3 is 1.52 bits per heavy atom. The summed E-state index contributed by atoms with van der Waals surface area (Å²) in [6.45, 7) is 12.9. The number of nitrogens with zero attached hydrogens (tertiary/aromatic N) is 1. The Balaban J connectivity index is 3.32. The first-order valence-electron chi connectivity index (χ1n) is 6.82. The van der Waals surface area contributed by atoms with Crippen molar-refractivity contribution in [3.63, 3.8) is 0 Å². The number of nitro benzene ring substituents is 1. The van der Waals surface area contributed by atoms with Gasteiger partial charge in [-0.05, 0) is 6.07 Å². The van der Waals surface area contributed by atoms with Crippen LogP contribution in [0.5, 0.6) is 0 Å². The highest BCUT2D eigenvalue weighted by molar-refractivity contribution is 6.84. The molecule has 0 aliphatic rings. The SMILES string of the molecule is C[Si](C)(C)C#Cc1cc(C#C[Si](C)(C)C)cc([N+](=O)[O-])c1. The van der Waals surface area contributed by atoms with Gasteiger partial charge in [0, 0.05) is 23.3 Å². The van der Waals surface area contributed by atoms with Crippen LogP contribution in [0, 0.1) is 33.0 Å². The molecule has 0 spiro atoms. The van der Waals surface area contributed by atoms with Crippen molar-refractivity contribution in [2.24, 2.45) is 0 Å². The monoisotopic (exact) mass is 315 g/mol. The zero-order chi connectivity index (χ0) is 16.3. The number of non-ortho nitro benzene ring substituents is 1. The van der Waals surface area contributed by atoms with Gasteiger partial charge in [-0.1, -0.05) is 51.1 Å². The minimum Gasteiger partial charge on any atom is -0.258 e. The third kappa shape index (κ3) is 6.94. The lowest BCUT2D eigenvalue weighted by Gasteiger charge is -2.04. The first kappa shape index (κ1) is 17.2. The molecule has 1 rings (SSSR count). The standard InChI is InChI=1S/C16H21NO2Si2/c1-20(2,3)9-7-14-11-15(8-10-21(4,5)6)13-16(12-14)17(18)19/h11-13H,1-6H3. The van der Waals surface area contributed by atoms with Gasteiger partial charge in [0.05, 0.1) is 4.92 Å². The smallest absolute Gasteiger partial charge is 0.258 e. The summed E-state index contributed by atoms with van der Waals surface area (Å²) in [7, 11) is -3.02. The van der Waals surface area contributed by atoms with Crippen LogP contribution in [0.25, 0.3) is 0 Å². The van der Waals surface area contributed by atoms with E-state index in [4.69, 9.17) is 0 Å². The summed E-state index contributed by atoms with van der Waals surface area (Å²) in [5.41, 5.74) is 7.86. The van der Waals surface area contributed by atoms with Crippen LogP contribution in [-0.4, -0.2) is 21.1 Å². The summed E-state index contributed by atoms with van der Waals surface area (Å²) < 4.78 is 0. The molecule has 0 atom stereocenters. The van der Waals surface area contributed by atoms with E-state index in [1.54, 1.807) is 0 Å². The molecule has 0 aliphatic carbocycles. The quantitative estimate of drug-likeness (QED) is 0.339. The van der Waals surface area contributed by atoms with E-state index in [1.807, 2.05) is 6.07 Å². The minimum absolute atomic E-state index is 0.0530. The molecule has 0 aromatic heterocycles. The van der Waals surface area contributed by atoms with Crippen LogP contribution < -0.4 is 0 Å². The van der Waals surface area contributed by atoms with Gasteiger partial charge >= 0.3 is 0 Å². The number of nitro groups is 1. The topological polar surface area (TPSA) is 43.1 Å². The molecule has 0 amide bonds. The van der Waals surface area contributed by atoms with Gasteiger partial charge in [0.2, 0.25) is 0 Å². The molecule has 0 bridgehead atoms. The van der Waals surface area contributed by atoms with Gasteiger partial charge in [0.1, 0.15) is 16.1 Å². The molecule has 0 saturated heterocycles. The second-order valence-corrected chi connectivity index (χ2v) is 16.5. The van der Waals surface area contributed by atoms with Gasteiger partial charge < -0.3 is 0 Å². The van der Waals surface area contributed by atoms with Crippen LogP contribution in [0.3, 0.4) is 0 Å². The van der Waals surface area contributed by atoms with Crippen molar-refractivity contribution in [3.8, 4) is 22.9 Å². The highest BCUT2D eigenvalue weighted by atomic mass is 28.3. The fourth-order valence-electron chi connectivity index (χ4n) is 1.38. The summed E-state index contributed by atoms with van der Waals surface area (Å²) in [5, 5.41) is 11.0. The first-order chi connectivity index (χ1) is 9.46. The number of rotatable bonds is 1. The van der Waals surface area contributed by atoms with Gasteiger partial charge in [0.25, 0.3) is 5.69 Å². The number of hydrogen-bond acceptors (Lipinski definition) is 2. The van der Waals surface area contributed by atoms with Gasteiger partial charge in [-0.25, -0.2) is 0 Å². The van der Waals surface area contributed by atoms with Gasteiger partial charge in [-0.15, -0.1) is 11.1 Å².